The minimum absolute atomic E-state index is 0.0760. The van der Waals surface area contributed by atoms with Crippen LogP contribution in [0.25, 0.3) is 0 Å². The number of rotatable bonds is 7. The first-order chi connectivity index (χ1) is 8.45. The second-order valence-corrected chi connectivity index (χ2v) is 6.26. The SMILES string of the molecule is COc1ccc(S(=O)(=O)CCCCC(C)=O)cc1. The lowest BCUT2D eigenvalue weighted by molar-refractivity contribution is -0.117. The van der Waals surface area contributed by atoms with Gasteiger partial charge in [-0.3, -0.25) is 0 Å². The smallest absolute Gasteiger partial charge is 0.178 e. The molecule has 1 rings (SSSR count). The molecule has 0 aliphatic carbocycles. The van der Waals surface area contributed by atoms with E-state index in [2.05, 4.69) is 0 Å². The van der Waals surface area contributed by atoms with Crippen molar-refractivity contribution in [3.63, 3.8) is 0 Å². The van der Waals surface area contributed by atoms with E-state index >= 15 is 0 Å². The summed E-state index contributed by atoms with van der Waals surface area (Å²) < 4.78 is 28.9. The van der Waals surface area contributed by atoms with Crippen molar-refractivity contribution < 1.29 is 17.9 Å². The standard InChI is InChI=1S/C13H18O4S/c1-11(14)5-3-4-10-18(15,16)13-8-6-12(17-2)7-9-13/h6-9H,3-5,10H2,1-2H3. The zero-order chi connectivity index (χ0) is 13.6. The van der Waals surface area contributed by atoms with Crippen molar-refractivity contribution in [2.75, 3.05) is 12.9 Å². The zero-order valence-corrected chi connectivity index (χ0v) is 11.5. The Morgan fingerprint density at radius 1 is 1.17 bits per heavy atom. The average Bonchev–Trinajstić information content (AvgIpc) is 2.34. The number of sulfone groups is 1. The highest BCUT2D eigenvalue weighted by atomic mass is 32.2. The van der Waals surface area contributed by atoms with E-state index < -0.39 is 9.84 Å². The Labute approximate surface area is 108 Å². The molecule has 0 aliphatic heterocycles. The van der Waals surface area contributed by atoms with Gasteiger partial charge < -0.3 is 9.53 Å². The third-order valence-electron chi connectivity index (χ3n) is 2.61. The monoisotopic (exact) mass is 270 g/mol. The number of hydrogen-bond acceptors (Lipinski definition) is 4. The van der Waals surface area contributed by atoms with Gasteiger partial charge >= 0.3 is 0 Å². The summed E-state index contributed by atoms with van der Waals surface area (Å²) in [5, 5.41) is 0. The lowest BCUT2D eigenvalue weighted by Gasteiger charge is -2.05. The molecule has 0 amide bonds. The molecule has 0 aromatic heterocycles. The van der Waals surface area contributed by atoms with Gasteiger partial charge in [0.2, 0.25) is 0 Å². The van der Waals surface area contributed by atoms with Crippen molar-refractivity contribution >= 4 is 15.6 Å². The lowest BCUT2D eigenvalue weighted by atomic mass is 10.2. The molecule has 0 heterocycles. The minimum Gasteiger partial charge on any atom is -0.497 e. The van der Waals surface area contributed by atoms with E-state index in [1.54, 1.807) is 24.3 Å². The van der Waals surface area contributed by atoms with E-state index in [1.807, 2.05) is 0 Å². The molecule has 0 fully saturated rings. The van der Waals surface area contributed by atoms with E-state index in [-0.39, 0.29) is 11.5 Å². The van der Waals surface area contributed by atoms with Gasteiger partial charge in [-0.15, -0.1) is 0 Å². The third kappa shape index (κ3) is 4.49. The number of carbonyl (C=O) groups excluding carboxylic acids is 1. The maximum absolute atomic E-state index is 12.0. The molecule has 1 aromatic carbocycles. The topological polar surface area (TPSA) is 60.4 Å². The lowest BCUT2D eigenvalue weighted by Crippen LogP contribution is -2.07. The summed E-state index contributed by atoms with van der Waals surface area (Å²) in [5.74, 6) is 0.800. The first-order valence-corrected chi connectivity index (χ1v) is 7.47. The number of methoxy groups -OCH3 is 1. The van der Waals surface area contributed by atoms with Crippen LogP contribution in [-0.2, 0) is 14.6 Å². The normalized spacial score (nSPS) is 11.2. The molecule has 4 nitrogen and oxygen atoms in total. The Morgan fingerprint density at radius 3 is 2.28 bits per heavy atom. The summed E-state index contributed by atoms with van der Waals surface area (Å²) in [6, 6.07) is 6.34. The van der Waals surface area contributed by atoms with Crippen LogP contribution in [0.15, 0.2) is 29.2 Å². The van der Waals surface area contributed by atoms with Gasteiger partial charge in [-0.25, -0.2) is 8.42 Å². The number of benzene rings is 1. The Balaban J connectivity index is 2.59. The zero-order valence-electron chi connectivity index (χ0n) is 10.7. The van der Waals surface area contributed by atoms with Gasteiger partial charge in [-0.05, 0) is 44.0 Å². The van der Waals surface area contributed by atoms with Gasteiger partial charge in [0.1, 0.15) is 11.5 Å². The highest BCUT2D eigenvalue weighted by molar-refractivity contribution is 7.91. The van der Waals surface area contributed by atoms with Crippen molar-refractivity contribution in [2.24, 2.45) is 0 Å². The van der Waals surface area contributed by atoms with E-state index in [0.29, 0.717) is 29.9 Å². The van der Waals surface area contributed by atoms with Gasteiger partial charge in [0.15, 0.2) is 9.84 Å². The van der Waals surface area contributed by atoms with Crippen LogP contribution in [0.4, 0.5) is 0 Å². The van der Waals surface area contributed by atoms with Gasteiger partial charge in [0.25, 0.3) is 0 Å². The van der Waals surface area contributed by atoms with E-state index in [0.717, 1.165) is 0 Å². The molecule has 0 atom stereocenters. The molecule has 5 heteroatoms. The number of hydrogen-bond donors (Lipinski definition) is 0. The molecule has 0 saturated heterocycles. The summed E-state index contributed by atoms with van der Waals surface area (Å²) in [6.45, 7) is 1.51. The van der Waals surface area contributed by atoms with Crippen LogP contribution in [0, 0.1) is 0 Å². The molecule has 0 bridgehead atoms. The number of unbranched alkanes of at least 4 members (excludes halogenated alkanes) is 1. The van der Waals surface area contributed by atoms with E-state index in [1.165, 1.54) is 14.0 Å². The summed E-state index contributed by atoms with van der Waals surface area (Å²) >= 11 is 0. The van der Waals surface area contributed by atoms with E-state index in [4.69, 9.17) is 4.74 Å². The number of ether oxygens (including phenoxy) is 1. The van der Waals surface area contributed by atoms with Crippen LogP contribution >= 0.6 is 0 Å². The maximum atomic E-state index is 12.0. The van der Waals surface area contributed by atoms with Gasteiger partial charge in [-0.1, -0.05) is 0 Å². The van der Waals surface area contributed by atoms with Gasteiger partial charge in [-0.2, -0.15) is 0 Å². The molecule has 100 valence electrons. The molecule has 0 aliphatic rings. The average molecular weight is 270 g/mol. The van der Waals surface area contributed by atoms with Crippen LogP contribution < -0.4 is 4.74 Å². The molecule has 0 unspecified atom stereocenters. The largest absolute Gasteiger partial charge is 0.497 e. The molecule has 0 N–H and O–H groups in total. The third-order valence-corrected chi connectivity index (χ3v) is 4.43. The van der Waals surface area contributed by atoms with Crippen LogP contribution in [0.3, 0.4) is 0 Å². The van der Waals surface area contributed by atoms with Crippen molar-refractivity contribution in [2.45, 2.75) is 31.1 Å². The fourth-order valence-electron chi connectivity index (χ4n) is 1.57. The minimum atomic E-state index is -3.25. The second-order valence-electron chi connectivity index (χ2n) is 4.15. The predicted octanol–water partition coefficient (Wildman–Crippen LogP) is 2.23. The summed E-state index contributed by atoms with van der Waals surface area (Å²) in [6.07, 6.45) is 1.57. The molecule has 0 radical (unpaired) electrons. The van der Waals surface area contributed by atoms with Crippen LogP contribution in [0.5, 0.6) is 5.75 Å². The predicted molar refractivity (Wildman–Crippen MR) is 69.6 cm³/mol. The summed E-state index contributed by atoms with van der Waals surface area (Å²) in [7, 11) is -1.72. The fraction of sp³-hybridized carbons (Fsp3) is 0.462. The van der Waals surface area contributed by atoms with Gasteiger partial charge in [0.05, 0.1) is 17.8 Å². The van der Waals surface area contributed by atoms with E-state index in [9.17, 15) is 13.2 Å². The molecular formula is C13H18O4S. The first kappa shape index (κ1) is 14.7. The fourth-order valence-corrected chi connectivity index (χ4v) is 2.94. The highest BCUT2D eigenvalue weighted by Crippen LogP contribution is 2.17. The number of Topliss-reactive ketones (excluding diaryl/α,β-unsaturated/α-hetero) is 1. The Morgan fingerprint density at radius 2 is 1.78 bits per heavy atom. The van der Waals surface area contributed by atoms with Crippen LogP contribution in [0.1, 0.15) is 26.2 Å². The number of carbonyl (C=O) groups is 1. The first-order valence-electron chi connectivity index (χ1n) is 5.82. The molecule has 0 saturated carbocycles. The quantitative estimate of drug-likeness (QED) is 0.713. The van der Waals surface area contributed by atoms with Crippen LogP contribution in [-0.4, -0.2) is 27.1 Å². The molecule has 18 heavy (non-hydrogen) atoms. The Hall–Kier alpha value is -1.36. The second kappa shape index (κ2) is 6.54. The van der Waals surface area contributed by atoms with Crippen molar-refractivity contribution in [3.8, 4) is 5.75 Å². The number of ketones is 1. The highest BCUT2D eigenvalue weighted by Gasteiger charge is 2.13. The molecule has 0 spiro atoms. The summed E-state index contributed by atoms with van der Waals surface area (Å²) in [5.41, 5.74) is 0. The summed E-state index contributed by atoms with van der Waals surface area (Å²) in [4.78, 5) is 11.0. The van der Waals surface area contributed by atoms with Gasteiger partial charge in [0, 0.05) is 6.42 Å². The maximum Gasteiger partial charge on any atom is 0.178 e. The Bertz CT molecular complexity index is 488. The van der Waals surface area contributed by atoms with Crippen molar-refractivity contribution in [1.82, 2.24) is 0 Å². The molecule has 1 aromatic rings. The molecular weight excluding hydrogens is 252 g/mol. The van der Waals surface area contributed by atoms with Crippen molar-refractivity contribution in [1.29, 1.82) is 0 Å². The van der Waals surface area contributed by atoms with Crippen LogP contribution in [0.2, 0.25) is 0 Å². The Kier molecular flexibility index (Phi) is 5.34. The van der Waals surface area contributed by atoms with Crippen molar-refractivity contribution in [3.05, 3.63) is 24.3 Å².